The molecule has 0 bridgehead atoms. The minimum Gasteiger partial charge on any atom is -0.481 e. The number of carbonyl (C=O) groups is 2. The van der Waals surface area contributed by atoms with Crippen LogP contribution in [0.2, 0.25) is 0 Å². The van der Waals surface area contributed by atoms with Gasteiger partial charge >= 0.3 is 5.97 Å². The van der Waals surface area contributed by atoms with Gasteiger partial charge in [-0.05, 0) is 19.4 Å². The molecule has 0 aliphatic rings. The van der Waals surface area contributed by atoms with Crippen LogP contribution < -0.4 is 5.32 Å². The summed E-state index contributed by atoms with van der Waals surface area (Å²) in [4.78, 5) is 22.8. The predicted octanol–water partition coefficient (Wildman–Crippen LogP) is 0.309. The Kier molecular flexibility index (Phi) is 7.62. The molecule has 15 heavy (non-hydrogen) atoms. The highest BCUT2D eigenvalue weighted by molar-refractivity contribution is 5.77. The maximum absolute atomic E-state index is 11.1. The van der Waals surface area contributed by atoms with E-state index >= 15 is 0 Å². The van der Waals surface area contributed by atoms with Crippen molar-refractivity contribution in [1.29, 1.82) is 0 Å². The Labute approximate surface area is 90.5 Å². The lowest BCUT2D eigenvalue weighted by Gasteiger charge is -2.10. The van der Waals surface area contributed by atoms with Gasteiger partial charge in [0.2, 0.25) is 5.91 Å². The Morgan fingerprint density at radius 2 is 1.87 bits per heavy atom. The van der Waals surface area contributed by atoms with Crippen molar-refractivity contribution in [2.75, 3.05) is 27.2 Å². The molecule has 0 saturated heterocycles. The van der Waals surface area contributed by atoms with Gasteiger partial charge in [0, 0.05) is 20.5 Å². The molecule has 0 heterocycles. The van der Waals surface area contributed by atoms with E-state index in [1.807, 2.05) is 0 Å². The first-order valence-electron chi connectivity index (χ1n) is 5.16. The second-order valence-corrected chi connectivity index (χ2v) is 3.67. The summed E-state index contributed by atoms with van der Waals surface area (Å²) in [6.45, 7) is 1.12. The van der Waals surface area contributed by atoms with Crippen molar-refractivity contribution >= 4 is 11.9 Å². The van der Waals surface area contributed by atoms with Crippen LogP contribution in [-0.2, 0) is 9.59 Å². The van der Waals surface area contributed by atoms with Crippen LogP contribution in [0.15, 0.2) is 0 Å². The molecule has 0 spiro atoms. The molecular formula is C10H20N2O3. The van der Waals surface area contributed by atoms with Crippen molar-refractivity contribution < 1.29 is 14.7 Å². The molecule has 2 N–H and O–H groups in total. The van der Waals surface area contributed by atoms with E-state index in [9.17, 15) is 9.59 Å². The summed E-state index contributed by atoms with van der Waals surface area (Å²) in [5.74, 6) is -0.689. The number of carbonyl (C=O) groups excluding carboxylic acids is 1. The van der Waals surface area contributed by atoms with E-state index in [-0.39, 0.29) is 12.3 Å². The lowest BCUT2D eigenvalue weighted by molar-refractivity contribution is -0.137. The van der Waals surface area contributed by atoms with Crippen molar-refractivity contribution in [2.45, 2.75) is 25.7 Å². The van der Waals surface area contributed by atoms with Gasteiger partial charge in [-0.25, -0.2) is 0 Å². The van der Waals surface area contributed by atoms with Gasteiger partial charge in [0.15, 0.2) is 0 Å². The van der Waals surface area contributed by atoms with Gasteiger partial charge in [-0.15, -0.1) is 0 Å². The third kappa shape index (κ3) is 9.21. The monoisotopic (exact) mass is 216 g/mol. The fourth-order valence-corrected chi connectivity index (χ4v) is 1.06. The van der Waals surface area contributed by atoms with E-state index in [4.69, 9.17) is 5.11 Å². The van der Waals surface area contributed by atoms with Crippen molar-refractivity contribution in [3.63, 3.8) is 0 Å². The van der Waals surface area contributed by atoms with Gasteiger partial charge < -0.3 is 15.3 Å². The number of nitrogens with zero attached hydrogens (tertiary/aromatic N) is 1. The number of unbranched alkanes of at least 4 members (excludes halogenated alkanes) is 2. The van der Waals surface area contributed by atoms with Gasteiger partial charge in [-0.1, -0.05) is 6.42 Å². The van der Waals surface area contributed by atoms with E-state index in [0.29, 0.717) is 13.0 Å². The number of nitrogens with one attached hydrogen (secondary N) is 1. The smallest absolute Gasteiger partial charge is 0.303 e. The first kappa shape index (κ1) is 13.9. The molecule has 1 amide bonds. The van der Waals surface area contributed by atoms with Gasteiger partial charge in [-0.3, -0.25) is 9.59 Å². The molecule has 0 aromatic carbocycles. The highest BCUT2D eigenvalue weighted by Gasteiger charge is 2.01. The average Bonchev–Trinajstić information content (AvgIpc) is 2.15. The van der Waals surface area contributed by atoms with Crippen LogP contribution in [0.3, 0.4) is 0 Å². The van der Waals surface area contributed by atoms with Gasteiger partial charge in [0.1, 0.15) is 0 Å². The number of hydrogen-bond donors (Lipinski definition) is 2. The van der Waals surface area contributed by atoms with E-state index in [0.717, 1.165) is 19.4 Å². The maximum atomic E-state index is 11.1. The summed E-state index contributed by atoms with van der Waals surface area (Å²) in [5.41, 5.74) is 0. The van der Waals surface area contributed by atoms with Crippen molar-refractivity contribution in [3.8, 4) is 0 Å². The quantitative estimate of drug-likeness (QED) is 0.573. The fourth-order valence-electron chi connectivity index (χ4n) is 1.06. The molecule has 0 saturated carbocycles. The Bertz CT molecular complexity index is 205. The topological polar surface area (TPSA) is 69.6 Å². The molecule has 0 radical (unpaired) electrons. The summed E-state index contributed by atoms with van der Waals surface area (Å²) in [6.07, 6.45) is 2.73. The molecular weight excluding hydrogens is 196 g/mol. The minimum absolute atomic E-state index is 0.0561. The third-order valence-electron chi connectivity index (χ3n) is 2.02. The zero-order valence-electron chi connectivity index (χ0n) is 9.45. The molecule has 5 nitrogen and oxygen atoms in total. The van der Waals surface area contributed by atoms with Crippen LogP contribution >= 0.6 is 0 Å². The van der Waals surface area contributed by atoms with E-state index in [2.05, 4.69) is 5.32 Å². The van der Waals surface area contributed by atoms with E-state index in [1.54, 1.807) is 14.1 Å². The van der Waals surface area contributed by atoms with Gasteiger partial charge in [-0.2, -0.15) is 0 Å². The largest absolute Gasteiger partial charge is 0.481 e. The summed E-state index contributed by atoms with van der Waals surface area (Å²) in [7, 11) is 3.44. The normalized spacial score (nSPS) is 10.0. The number of hydrogen-bond acceptors (Lipinski definition) is 3. The van der Waals surface area contributed by atoms with Crippen molar-refractivity contribution in [1.82, 2.24) is 10.2 Å². The Morgan fingerprint density at radius 3 is 2.40 bits per heavy atom. The summed E-state index contributed by atoms with van der Waals surface area (Å²) < 4.78 is 0. The lowest BCUT2D eigenvalue weighted by atomic mass is 10.2. The van der Waals surface area contributed by atoms with Crippen molar-refractivity contribution in [2.24, 2.45) is 0 Å². The first-order valence-corrected chi connectivity index (χ1v) is 5.16. The predicted molar refractivity (Wildman–Crippen MR) is 57.7 cm³/mol. The molecule has 5 heteroatoms. The molecule has 0 unspecified atom stereocenters. The first-order chi connectivity index (χ1) is 7.04. The van der Waals surface area contributed by atoms with Crippen LogP contribution in [0.25, 0.3) is 0 Å². The highest BCUT2D eigenvalue weighted by Crippen LogP contribution is 1.98. The van der Waals surface area contributed by atoms with E-state index in [1.165, 1.54) is 4.90 Å². The van der Waals surface area contributed by atoms with Crippen LogP contribution in [0.4, 0.5) is 0 Å². The zero-order chi connectivity index (χ0) is 11.7. The number of likely N-dealkylation sites (N-methyl/N-ethyl adjacent to an activating group) is 1. The molecule has 0 rings (SSSR count). The zero-order valence-corrected chi connectivity index (χ0v) is 9.45. The second-order valence-electron chi connectivity index (χ2n) is 3.67. The van der Waals surface area contributed by atoms with E-state index < -0.39 is 5.97 Å². The molecule has 0 fully saturated rings. The summed E-state index contributed by atoms with van der Waals surface area (Å²) >= 11 is 0. The average molecular weight is 216 g/mol. The molecule has 0 atom stereocenters. The lowest BCUT2D eigenvalue weighted by Crippen LogP contribution is -2.33. The minimum atomic E-state index is -0.745. The third-order valence-corrected chi connectivity index (χ3v) is 2.02. The molecule has 0 aromatic rings. The number of amides is 1. The summed E-state index contributed by atoms with van der Waals surface area (Å²) in [6, 6.07) is 0. The number of aliphatic carboxylic acids is 1. The number of rotatable bonds is 8. The second kappa shape index (κ2) is 8.23. The standard InChI is InChI=1S/C10H20N2O3/c1-12(2)9(13)8-11-7-5-3-4-6-10(14)15/h11H,3-8H2,1-2H3,(H,14,15). The SMILES string of the molecule is CN(C)C(=O)CNCCCCCC(=O)O. The highest BCUT2D eigenvalue weighted by atomic mass is 16.4. The van der Waals surface area contributed by atoms with Crippen LogP contribution in [0, 0.1) is 0 Å². The molecule has 0 aromatic heterocycles. The number of carboxylic acid groups (broad SMARTS) is 1. The Hall–Kier alpha value is -1.10. The van der Waals surface area contributed by atoms with Gasteiger partial charge in [0.25, 0.3) is 0 Å². The number of carboxylic acids is 1. The molecule has 0 aliphatic heterocycles. The molecule has 88 valence electrons. The Balaban J connectivity index is 3.18. The van der Waals surface area contributed by atoms with Crippen LogP contribution in [0.1, 0.15) is 25.7 Å². The molecule has 0 aliphatic carbocycles. The summed E-state index contributed by atoms with van der Waals surface area (Å²) in [5, 5.41) is 11.4. The maximum Gasteiger partial charge on any atom is 0.303 e. The van der Waals surface area contributed by atoms with Gasteiger partial charge in [0.05, 0.1) is 6.54 Å². The Morgan fingerprint density at radius 1 is 1.20 bits per heavy atom. The van der Waals surface area contributed by atoms with Crippen LogP contribution in [0.5, 0.6) is 0 Å². The fraction of sp³-hybridized carbons (Fsp3) is 0.800. The van der Waals surface area contributed by atoms with Crippen molar-refractivity contribution in [3.05, 3.63) is 0 Å². The van der Waals surface area contributed by atoms with Crippen LogP contribution in [-0.4, -0.2) is 49.1 Å².